The Hall–Kier alpha value is -3.42. The van der Waals surface area contributed by atoms with Gasteiger partial charge < -0.3 is 9.64 Å². The van der Waals surface area contributed by atoms with Gasteiger partial charge in [0.05, 0.1) is 21.4 Å². The van der Waals surface area contributed by atoms with Crippen LogP contribution in [0.4, 0.5) is 4.79 Å². The highest BCUT2D eigenvalue weighted by Gasteiger charge is 2.30. The SMILES string of the molecule is CCc1c(C)cc2nc(-c3ccc4c(c3)c(C3CCN(C(=O)OC(C)(C)C)CC3)nn4C)sc2c1-c1ccc(Cl)cc1. The summed E-state index contributed by atoms with van der Waals surface area (Å²) in [6.45, 7) is 11.4. The Morgan fingerprint density at radius 2 is 1.76 bits per heavy atom. The minimum absolute atomic E-state index is 0.232. The van der Waals surface area contributed by atoms with Gasteiger partial charge in [0.25, 0.3) is 0 Å². The van der Waals surface area contributed by atoms with Crippen molar-refractivity contribution in [3.05, 3.63) is 70.4 Å². The van der Waals surface area contributed by atoms with Crippen molar-refractivity contribution in [1.29, 1.82) is 0 Å². The average molecular weight is 601 g/mol. The summed E-state index contributed by atoms with van der Waals surface area (Å²) in [5.41, 5.74) is 8.88. The van der Waals surface area contributed by atoms with Crippen LogP contribution < -0.4 is 0 Å². The molecule has 0 radical (unpaired) electrons. The lowest BCUT2D eigenvalue weighted by molar-refractivity contribution is 0.0204. The van der Waals surface area contributed by atoms with Crippen LogP contribution in [-0.2, 0) is 18.2 Å². The first kappa shape index (κ1) is 28.7. The zero-order valence-electron chi connectivity index (χ0n) is 25.1. The van der Waals surface area contributed by atoms with E-state index in [9.17, 15) is 4.79 Å². The number of aryl methyl sites for hydroxylation is 2. The van der Waals surface area contributed by atoms with E-state index in [1.54, 1.807) is 11.3 Å². The predicted octanol–water partition coefficient (Wildman–Crippen LogP) is 9.16. The molecule has 1 saturated heterocycles. The van der Waals surface area contributed by atoms with Crippen molar-refractivity contribution in [2.45, 2.75) is 65.4 Å². The van der Waals surface area contributed by atoms with Crippen LogP contribution in [0.25, 0.3) is 42.8 Å². The summed E-state index contributed by atoms with van der Waals surface area (Å²) in [7, 11) is 2.01. The number of piperidine rings is 1. The summed E-state index contributed by atoms with van der Waals surface area (Å²) in [6.07, 6.45) is 2.44. The van der Waals surface area contributed by atoms with E-state index < -0.39 is 5.60 Å². The van der Waals surface area contributed by atoms with E-state index in [1.807, 2.05) is 49.5 Å². The average Bonchev–Trinajstić information content (AvgIpc) is 3.52. The van der Waals surface area contributed by atoms with E-state index in [-0.39, 0.29) is 12.0 Å². The number of thiazole rings is 1. The smallest absolute Gasteiger partial charge is 0.410 e. The lowest BCUT2D eigenvalue weighted by Gasteiger charge is -2.33. The molecule has 2 aromatic heterocycles. The molecule has 6 nitrogen and oxygen atoms in total. The Bertz CT molecular complexity index is 1790. The Morgan fingerprint density at radius 3 is 2.43 bits per heavy atom. The maximum Gasteiger partial charge on any atom is 0.410 e. The number of likely N-dealkylation sites (tertiary alicyclic amines) is 1. The van der Waals surface area contributed by atoms with Crippen molar-refractivity contribution >= 4 is 50.2 Å². The van der Waals surface area contributed by atoms with E-state index in [0.717, 1.165) is 57.0 Å². The standard InChI is InChI=1S/C34H37ClN4O2S/c1-7-25-20(2)18-27-31(29(25)21-8-11-24(35)12-9-21)42-32(36-27)23-10-13-28-26(19-23)30(37-38(28)6)22-14-16-39(17-15-22)33(40)41-34(3,4)5/h8-13,18-19,22H,7,14-17H2,1-6H3. The second-order valence-corrected chi connectivity index (χ2v) is 13.7. The van der Waals surface area contributed by atoms with Crippen LogP contribution in [0.2, 0.25) is 5.02 Å². The predicted molar refractivity (Wildman–Crippen MR) is 174 cm³/mol. The molecule has 0 unspecified atom stereocenters. The molecule has 0 N–H and O–H groups in total. The minimum Gasteiger partial charge on any atom is -0.444 e. The quantitative estimate of drug-likeness (QED) is 0.206. The number of hydrogen-bond acceptors (Lipinski definition) is 5. The molecule has 6 rings (SSSR count). The Balaban J connectivity index is 1.36. The largest absolute Gasteiger partial charge is 0.444 e. The first-order valence-electron chi connectivity index (χ1n) is 14.7. The second kappa shape index (κ2) is 11.0. The molecule has 3 aromatic carbocycles. The first-order chi connectivity index (χ1) is 20.0. The van der Waals surface area contributed by atoms with Crippen molar-refractivity contribution in [3.8, 4) is 21.7 Å². The van der Waals surface area contributed by atoms with Gasteiger partial charge in [0.15, 0.2) is 0 Å². The zero-order valence-corrected chi connectivity index (χ0v) is 26.7. The fourth-order valence-electron chi connectivity index (χ4n) is 6.13. The lowest BCUT2D eigenvalue weighted by Crippen LogP contribution is -2.41. The molecule has 0 aliphatic carbocycles. The van der Waals surface area contributed by atoms with Gasteiger partial charge in [-0.15, -0.1) is 11.3 Å². The number of aromatic nitrogens is 3. The lowest BCUT2D eigenvalue weighted by atomic mass is 9.91. The van der Waals surface area contributed by atoms with Crippen LogP contribution in [0.5, 0.6) is 0 Å². The van der Waals surface area contributed by atoms with Gasteiger partial charge in [0.2, 0.25) is 0 Å². The number of nitrogens with zero attached hydrogens (tertiary/aromatic N) is 4. The molecule has 8 heteroatoms. The third kappa shape index (κ3) is 5.40. The number of amides is 1. The molecule has 5 aromatic rings. The number of fused-ring (bicyclic) bond motifs is 2. The van der Waals surface area contributed by atoms with Crippen LogP contribution in [-0.4, -0.2) is 44.4 Å². The summed E-state index contributed by atoms with van der Waals surface area (Å²) >= 11 is 7.98. The first-order valence-corrected chi connectivity index (χ1v) is 15.9. The molecule has 1 amide bonds. The van der Waals surface area contributed by atoms with Gasteiger partial charge in [-0.05, 0) is 100 Å². The molecule has 0 spiro atoms. The molecule has 1 aliphatic rings. The summed E-state index contributed by atoms with van der Waals surface area (Å²) in [4.78, 5) is 19.6. The highest BCUT2D eigenvalue weighted by molar-refractivity contribution is 7.22. The molecule has 218 valence electrons. The van der Waals surface area contributed by atoms with Gasteiger partial charge in [-0.3, -0.25) is 4.68 Å². The van der Waals surface area contributed by atoms with Crippen molar-refractivity contribution in [2.24, 2.45) is 7.05 Å². The maximum absolute atomic E-state index is 12.6. The van der Waals surface area contributed by atoms with Crippen LogP contribution in [0.15, 0.2) is 48.5 Å². The fourth-order valence-corrected chi connectivity index (χ4v) is 7.39. The number of ether oxygens (including phenoxy) is 1. The van der Waals surface area contributed by atoms with Crippen LogP contribution in [0.3, 0.4) is 0 Å². The van der Waals surface area contributed by atoms with E-state index >= 15 is 0 Å². The number of carbonyl (C=O) groups excluding carboxylic acids is 1. The summed E-state index contributed by atoms with van der Waals surface area (Å²) in [5, 5.41) is 7.87. The number of rotatable bonds is 4. The third-order valence-corrected chi connectivity index (χ3v) is 9.55. The molecule has 0 saturated carbocycles. The van der Waals surface area contributed by atoms with E-state index in [1.165, 1.54) is 27.0 Å². The summed E-state index contributed by atoms with van der Waals surface area (Å²) in [6, 6.07) is 16.9. The highest BCUT2D eigenvalue weighted by atomic mass is 35.5. The number of carbonyl (C=O) groups is 1. The van der Waals surface area contributed by atoms with Crippen molar-refractivity contribution in [3.63, 3.8) is 0 Å². The maximum atomic E-state index is 12.6. The molecule has 0 bridgehead atoms. The molecule has 3 heterocycles. The molecule has 0 atom stereocenters. The van der Waals surface area contributed by atoms with Crippen LogP contribution >= 0.6 is 22.9 Å². The van der Waals surface area contributed by atoms with Gasteiger partial charge in [-0.1, -0.05) is 30.7 Å². The number of hydrogen-bond donors (Lipinski definition) is 0. The van der Waals surface area contributed by atoms with Crippen LogP contribution in [0, 0.1) is 6.92 Å². The highest BCUT2D eigenvalue weighted by Crippen LogP contribution is 2.42. The number of benzene rings is 3. The van der Waals surface area contributed by atoms with Gasteiger partial charge >= 0.3 is 6.09 Å². The summed E-state index contributed by atoms with van der Waals surface area (Å²) in [5.74, 6) is 0.282. The van der Waals surface area contributed by atoms with Crippen LogP contribution in [0.1, 0.15) is 63.3 Å². The van der Waals surface area contributed by atoms with E-state index in [0.29, 0.717) is 13.1 Å². The van der Waals surface area contributed by atoms with Crippen molar-refractivity contribution < 1.29 is 9.53 Å². The third-order valence-electron chi connectivity index (χ3n) is 8.16. The molecular formula is C34H37ClN4O2S. The van der Waals surface area contributed by atoms with E-state index in [2.05, 4.69) is 50.2 Å². The second-order valence-electron chi connectivity index (χ2n) is 12.3. The Labute approximate surface area is 256 Å². The summed E-state index contributed by atoms with van der Waals surface area (Å²) < 4.78 is 8.78. The normalized spacial score (nSPS) is 14.7. The topological polar surface area (TPSA) is 60.3 Å². The molecule has 1 aliphatic heterocycles. The minimum atomic E-state index is -0.492. The van der Waals surface area contributed by atoms with Gasteiger partial charge in [-0.25, -0.2) is 9.78 Å². The monoisotopic (exact) mass is 600 g/mol. The van der Waals surface area contributed by atoms with Crippen molar-refractivity contribution in [2.75, 3.05) is 13.1 Å². The van der Waals surface area contributed by atoms with Gasteiger partial charge in [-0.2, -0.15) is 5.10 Å². The molecule has 1 fully saturated rings. The number of halogens is 1. The van der Waals surface area contributed by atoms with Gasteiger partial charge in [0.1, 0.15) is 10.6 Å². The Morgan fingerprint density at radius 1 is 1.07 bits per heavy atom. The molecular weight excluding hydrogens is 564 g/mol. The van der Waals surface area contributed by atoms with E-state index in [4.69, 9.17) is 26.4 Å². The Kier molecular flexibility index (Phi) is 7.52. The fraction of sp³-hybridized carbons (Fsp3) is 0.382. The molecule has 42 heavy (non-hydrogen) atoms. The van der Waals surface area contributed by atoms with Gasteiger partial charge in [0, 0.05) is 47.6 Å². The van der Waals surface area contributed by atoms with Crippen molar-refractivity contribution in [1.82, 2.24) is 19.7 Å². The zero-order chi connectivity index (χ0) is 29.8.